The molecule has 1 fully saturated rings. The molecule has 2 aliphatic heterocycles. The summed E-state index contributed by atoms with van der Waals surface area (Å²) in [6.45, 7) is 4.21. The van der Waals surface area contributed by atoms with Crippen LogP contribution in [0.3, 0.4) is 0 Å². The molecule has 0 aromatic heterocycles. The second kappa shape index (κ2) is 2.99. The summed E-state index contributed by atoms with van der Waals surface area (Å²) in [5, 5.41) is 9.41. The van der Waals surface area contributed by atoms with Gasteiger partial charge < -0.3 is 10.0 Å². The van der Waals surface area contributed by atoms with E-state index < -0.39 is 0 Å². The fourth-order valence-corrected chi connectivity index (χ4v) is 2.38. The molecule has 78 valence electrons. The van der Waals surface area contributed by atoms with Gasteiger partial charge in [0.1, 0.15) is 11.6 Å². The van der Waals surface area contributed by atoms with Crippen molar-refractivity contribution in [1.82, 2.24) is 4.90 Å². The standard InChI is InChI=1S/C12H14N2O/c1-8-4-5-14-7-9-6-10(15)2-3-11(9)13-12(8)14/h2-3,6,8,15H,4-5,7H2,1H3/t8-/m0/s1. The average molecular weight is 202 g/mol. The van der Waals surface area contributed by atoms with Crippen LogP contribution >= 0.6 is 0 Å². The zero-order chi connectivity index (χ0) is 10.4. The van der Waals surface area contributed by atoms with E-state index in [1.54, 1.807) is 6.07 Å². The van der Waals surface area contributed by atoms with E-state index in [1.807, 2.05) is 12.1 Å². The second-order valence-corrected chi connectivity index (χ2v) is 4.39. The third kappa shape index (κ3) is 1.30. The van der Waals surface area contributed by atoms with Crippen molar-refractivity contribution in [3.8, 4) is 5.75 Å². The van der Waals surface area contributed by atoms with Gasteiger partial charge in [0.05, 0.1) is 5.69 Å². The van der Waals surface area contributed by atoms with E-state index in [1.165, 1.54) is 12.3 Å². The van der Waals surface area contributed by atoms with Crippen molar-refractivity contribution in [3.63, 3.8) is 0 Å². The number of phenols is 1. The number of aromatic hydroxyl groups is 1. The van der Waals surface area contributed by atoms with Crippen LogP contribution in [0.2, 0.25) is 0 Å². The summed E-state index contributed by atoms with van der Waals surface area (Å²) in [5.41, 5.74) is 2.15. The molecule has 2 aliphatic rings. The average Bonchev–Trinajstić information content (AvgIpc) is 2.57. The molecule has 0 amide bonds. The summed E-state index contributed by atoms with van der Waals surface area (Å²) in [6.07, 6.45) is 1.19. The molecule has 0 aliphatic carbocycles. The lowest BCUT2D eigenvalue weighted by molar-refractivity contribution is 0.437. The van der Waals surface area contributed by atoms with Crippen LogP contribution in [-0.4, -0.2) is 22.4 Å². The highest BCUT2D eigenvalue weighted by molar-refractivity contribution is 5.90. The van der Waals surface area contributed by atoms with E-state index >= 15 is 0 Å². The van der Waals surface area contributed by atoms with Crippen molar-refractivity contribution in [2.75, 3.05) is 6.54 Å². The van der Waals surface area contributed by atoms with Crippen molar-refractivity contribution in [2.45, 2.75) is 19.9 Å². The van der Waals surface area contributed by atoms with Gasteiger partial charge >= 0.3 is 0 Å². The van der Waals surface area contributed by atoms with Gasteiger partial charge in [-0.25, -0.2) is 4.99 Å². The zero-order valence-corrected chi connectivity index (χ0v) is 8.77. The Balaban J connectivity index is 2.08. The Labute approximate surface area is 89.1 Å². The highest BCUT2D eigenvalue weighted by Crippen LogP contribution is 2.34. The number of fused-ring (bicyclic) bond motifs is 2. The molecular formula is C12H14N2O. The molecule has 0 saturated carbocycles. The minimum Gasteiger partial charge on any atom is -0.508 e. The lowest BCUT2D eigenvalue weighted by atomic mass is 10.1. The third-order valence-electron chi connectivity index (χ3n) is 3.26. The first-order valence-electron chi connectivity index (χ1n) is 5.39. The number of aliphatic imine (C=N–C) groups is 1. The summed E-state index contributed by atoms with van der Waals surface area (Å²) in [6, 6.07) is 5.43. The third-order valence-corrected chi connectivity index (χ3v) is 3.26. The normalized spacial score (nSPS) is 23.4. The highest BCUT2D eigenvalue weighted by Gasteiger charge is 2.29. The Morgan fingerprint density at radius 1 is 1.47 bits per heavy atom. The van der Waals surface area contributed by atoms with Crippen LogP contribution in [-0.2, 0) is 6.54 Å². The largest absolute Gasteiger partial charge is 0.508 e. The van der Waals surface area contributed by atoms with Gasteiger partial charge in [-0.2, -0.15) is 0 Å². The first kappa shape index (κ1) is 8.77. The lowest BCUT2D eigenvalue weighted by Crippen LogP contribution is -2.28. The van der Waals surface area contributed by atoms with E-state index in [0.717, 1.165) is 24.3 Å². The second-order valence-electron chi connectivity index (χ2n) is 4.39. The minimum absolute atomic E-state index is 0.333. The SMILES string of the molecule is C[C@H]1CCN2Cc3cc(O)ccc3N=C12. The molecule has 0 spiro atoms. The molecule has 1 atom stereocenters. The van der Waals surface area contributed by atoms with Gasteiger partial charge in [-0.15, -0.1) is 0 Å². The van der Waals surface area contributed by atoms with E-state index in [9.17, 15) is 5.11 Å². The van der Waals surface area contributed by atoms with Crippen LogP contribution in [0.1, 0.15) is 18.9 Å². The molecule has 1 aromatic carbocycles. The molecule has 1 N–H and O–H groups in total. The van der Waals surface area contributed by atoms with Crippen LogP contribution in [0, 0.1) is 5.92 Å². The molecule has 15 heavy (non-hydrogen) atoms. The van der Waals surface area contributed by atoms with Gasteiger partial charge in [0, 0.05) is 24.6 Å². The monoisotopic (exact) mass is 202 g/mol. The maximum absolute atomic E-state index is 9.41. The van der Waals surface area contributed by atoms with E-state index in [2.05, 4.69) is 16.8 Å². The lowest BCUT2D eigenvalue weighted by Gasteiger charge is -2.25. The van der Waals surface area contributed by atoms with Gasteiger partial charge in [0.15, 0.2) is 0 Å². The van der Waals surface area contributed by atoms with Gasteiger partial charge in [-0.1, -0.05) is 6.92 Å². The molecule has 3 rings (SSSR count). The maximum atomic E-state index is 9.41. The van der Waals surface area contributed by atoms with Crippen molar-refractivity contribution in [3.05, 3.63) is 23.8 Å². The van der Waals surface area contributed by atoms with Crippen LogP contribution in [0.4, 0.5) is 5.69 Å². The topological polar surface area (TPSA) is 35.8 Å². The molecule has 1 aromatic rings. The molecule has 0 bridgehead atoms. The van der Waals surface area contributed by atoms with Crippen molar-refractivity contribution >= 4 is 11.5 Å². The number of hydrogen-bond acceptors (Lipinski definition) is 3. The Morgan fingerprint density at radius 2 is 2.33 bits per heavy atom. The number of nitrogens with zero attached hydrogens (tertiary/aromatic N) is 2. The summed E-state index contributed by atoms with van der Waals surface area (Å²) in [7, 11) is 0. The van der Waals surface area contributed by atoms with Crippen LogP contribution in [0.15, 0.2) is 23.2 Å². The van der Waals surface area contributed by atoms with Crippen LogP contribution < -0.4 is 0 Å². The van der Waals surface area contributed by atoms with Crippen molar-refractivity contribution < 1.29 is 5.11 Å². The number of amidine groups is 1. The first-order valence-corrected chi connectivity index (χ1v) is 5.39. The zero-order valence-electron chi connectivity index (χ0n) is 8.77. The Bertz CT molecular complexity index is 439. The molecule has 3 heteroatoms. The molecule has 0 radical (unpaired) electrons. The quantitative estimate of drug-likeness (QED) is 0.700. The smallest absolute Gasteiger partial charge is 0.116 e. The number of phenolic OH excluding ortho intramolecular Hbond substituents is 1. The molecule has 2 heterocycles. The fraction of sp³-hybridized carbons (Fsp3) is 0.417. The van der Waals surface area contributed by atoms with Crippen molar-refractivity contribution in [2.24, 2.45) is 10.9 Å². The minimum atomic E-state index is 0.333. The van der Waals surface area contributed by atoms with Gasteiger partial charge in [-0.3, -0.25) is 0 Å². The first-order chi connectivity index (χ1) is 7.24. The van der Waals surface area contributed by atoms with E-state index in [-0.39, 0.29) is 0 Å². The van der Waals surface area contributed by atoms with Crippen LogP contribution in [0.5, 0.6) is 5.75 Å². The Kier molecular flexibility index (Phi) is 1.75. The van der Waals surface area contributed by atoms with Gasteiger partial charge in [0.25, 0.3) is 0 Å². The molecule has 3 nitrogen and oxygen atoms in total. The Hall–Kier alpha value is -1.51. The molecule has 0 unspecified atom stereocenters. The fourth-order valence-electron chi connectivity index (χ4n) is 2.38. The van der Waals surface area contributed by atoms with E-state index in [0.29, 0.717) is 11.7 Å². The summed E-state index contributed by atoms with van der Waals surface area (Å²) in [4.78, 5) is 6.97. The van der Waals surface area contributed by atoms with E-state index in [4.69, 9.17) is 0 Å². The summed E-state index contributed by atoms with van der Waals surface area (Å²) >= 11 is 0. The maximum Gasteiger partial charge on any atom is 0.116 e. The summed E-state index contributed by atoms with van der Waals surface area (Å²) in [5.74, 6) is 2.12. The van der Waals surface area contributed by atoms with Gasteiger partial charge in [-0.05, 0) is 24.6 Å². The predicted octanol–water partition coefficient (Wildman–Crippen LogP) is 2.28. The number of rotatable bonds is 0. The van der Waals surface area contributed by atoms with Gasteiger partial charge in [0.2, 0.25) is 0 Å². The predicted molar refractivity (Wildman–Crippen MR) is 59.4 cm³/mol. The number of hydrogen-bond donors (Lipinski definition) is 1. The summed E-state index contributed by atoms with van der Waals surface area (Å²) < 4.78 is 0. The molecule has 1 saturated heterocycles. The van der Waals surface area contributed by atoms with Crippen LogP contribution in [0.25, 0.3) is 0 Å². The number of benzene rings is 1. The Morgan fingerprint density at radius 3 is 3.20 bits per heavy atom. The van der Waals surface area contributed by atoms with Crippen molar-refractivity contribution in [1.29, 1.82) is 0 Å². The molecular weight excluding hydrogens is 188 g/mol. The highest BCUT2D eigenvalue weighted by atomic mass is 16.3.